The molecule has 1 saturated heterocycles. The monoisotopic (exact) mass is 484 g/mol. The molecule has 8 heteroatoms. The molecule has 1 aliphatic heterocycles. The van der Waals surface area contributed by atoms with Gasteiger partial charge in [-0.1, -0.05) is 25.0 Å². The Morgan fingerprint density at radius 3 is 2.47 bits per heavy atom. The highest BCUT2D eigenvalue weighted by atomic mass is 32.1. The van der Waals surface area contributed by atoms with Crippen LogP contribution in [-0.2, 0) is 6.18 Å². The van der Waals surface area contributed by atoms with Crippen LogP contribution in [0.1, 0.15) is 66.0 Å². The fourth-order valence-corrected chi connectivity index (χ4v) is 5.97. The van der Waals surface area contributed by atoms with Gasteiger partial charge in [-0.2, -0.15) is 13.2 Å². The highest BCUT2D eigenvalue weighted by Gasteiger charge is 2.44. The third kappa shape index (κ3) is 3.98. The largest absolute Gasteiger partial charge is 0.416 e. The maximum Gasteiger partial charge on any atom is 0.416 e. The van der Waals surface area contributed by atoms with Crippen LogP contribution >= 0.6 is 12.2 Å². The molecule has 4 nitrogen and oxygen atoms in total. The SMILES string of the molecule is Cc1cc(C2C(c3ccccn3)NC(=S)N2C2CCCC2)c(C)n1-c1cccc(C(F)(F)F)c1. The second kappa shape index (κ2) is 8.73. The lowest BCUT2D eigenvalue weighted by atomic mass is 9.95. The van der Waals surface area contributed by atoms with E-state index in [1.807, 2.05) is 36.6 Å². The summed E-state index contributed by atoms with van der Waals surface area (Å²) in [6, 6.07) is 13.6. The molecule has 178 valence electrons. The number of pyridine rings is 1. The standard InChI is InChI=1S/C26H27F3N4S/c1-16-14-21(17(2)32(16)20-11-7-8-18(15-20)26(27,28)29)24-23(22-12-5-6-13-30-22)31-25(34)33(24)19-9-3-4-10-19/h5-8,11-15,19,23-24H,3-4,9-10H2,1-2H3,(H,31,34). The van der Waals surface area contributed by atoms with Crippen molar-refractivity contribution in [2.24, 2.45) is 0 Å². The van der Waals surface area contributed by atoms with E-state index < -0.39 is 11.7 Å². The fourth-order valence-electron chi connectivity index (χ4n) is 5.58. The van der Waals surface area contributed by atoms with Crippen molar-refractivity contribution in [2.75, 3.05) is 0 Å². The highest BCUT2D eigenvalue weighted by Crippen LogP contribution is 2.45. The number of hydrogen-bond acceptors (Lipinski definition) is 2. The average molecular weight is 485 g/mol. The number of aromatic nitrogens is 2. The molecule has 2 fully saturated rings. The first-order chi connectivity index (χ1) is 16.3. The Labute approximate surface area is 202 Å². The molecule has 2 aromatic heterocycles. The van der Waals surface area contributed by atoms with Crippen molar-refractivity contribution in [3.8, 4) is 5.69 Å². The van der Waals surface area contributed by atoms with Crippen molar-refractivity contribution in [1.29, 1.82) is 0 Å². The van der Waals surface area contributed by atoms with Crippen LogP contribution in [0.25, 0.3) is 5.69 Å². The summed E-state index contributed by atoms with van der Waals surface area (Å²) in [5.41, 5.74) is 3.62. The Kier molecular flexibility index (Phi) is 5.88. The zero-order valence-corrected chi connectivity index (χ0v) is 20.0. The molecule has 34 heavy (non-hydrogen) atoms. The van der Waals surface area contributed by atoms with E-state index in [4.69, 9.17) is 12.2 Å². The van der Waals surface area contributed by atoms with Gasteiger partial charge >= 0.3 is 6.18 Å². The number of nitrogens with one attached hydrogen (secondary N) is 1. The van der Waals surface area contributed by atoms with Crippen LogP contribution in [0.15, 0.2) is 54.7 Å². The summed E-state index contributed by atoms with van der Waals surface area (Å²) in [4.78, 5) is 6.93. The van der Waals surface area contributed by atoms with Crippen molar-refractivity contribution in [1.82, 2.24) is 19.8 Å². The molecular weight excluding hydrogens is 457 g/mol. The summed E-state index contributed by atoms with van der Waals surface area (Å²) in [6.07, 6.45) is 1.90. The van der Waals surface area contributed by atoms with E-state index in [2.05, 4.69) is 21.3 Å². The second-order valence-electron chi connectivity index (χ2n) is 9.18. The Morgan fingerprint density at radius 2 is 1.79 bits per heavy atom. The van der Waals surface area contributed by atoms with Crippen LogP contribution in [0, 0.1) is 13.8 Å². The van der Waals surface area contributed by atoms with Crippen molar-refractivity contribution in [2.45, 2.75) is 63.8 Å². The predicted octanol–water partition coefficient (Wildman–Crippen LogP) is 6.42. The molecule has 0 bridgehead atoms. The first-order valence-corrected chi connectivity index (χ1v) is 12.0. The molecule has 1 saturated carbocycles. The van der Waals surface area contributed by atoms with Gasteiger partial charge in [0.1, 0.15) is 0 Å². The van der Waals surface area contributed by atoms with E-state index >= 15 is 0 Å². The predicted molar refractivity (Wildman–Crippen MR) is 130 cm³/mol. The topological polar surface area (TPSA) is 33.1 Å². The first kappa shape index (κ1) is 22.9. The fraction of sp³-hybridized carbons (Fsp3) is 0.385. The number of rotatable bonds is 4. The molecule has 0 radical (unpaired) electrons. The van der Waals surface area contributed by atoms with Crippen LogP contribution in [0.2, 0.25) is 0 Å². The summed E-state index contributed by atoms with van der Waals surface area (Å²) >= 11 is 5.82. The lowest BCUT2D eigenvalue weighted by Gasteiger charge is -2.33. The molecule has 1 N–H and O–H groups in total. The van der Waals surface area contributed by atoms with Crippen LogP contribution in [0.3, 0.4) is 0 Å². The van der Waals surface area contributed by atoms with Gasteiger partial charge in [0.25, 0.3) is 0 Å². The summed E-state index contributed by atoms with van der Waals surface area (Å²) in [5.74, 6) is 0. The van der Waals surface area contributed by atoms with Crippen LogP contribution in [-0.4, -0.2) is 25.6 Å². The van der Waals surface area contributed by atoms with Gasteiger partial charge in [0, 0.05) is 29.3 Å². The minimum absolute atomic E-state index is 0.0868. The Bertz CT molecular complexity index is 1200. The minimum Gasteiger partial charge on any atom is -0.352 e. The summed E-state index contributed by atoms with van der Waals surface area (Å²) < 4.78 is 42.1. The molecule has 3 heterocycles. The zero-order chi connectivity index (χ0) is 24.0. The first-order valence-electron chi connectivity index (χ1n) is 11.6. The van der Waals surface area contributed by atoms with Crippen molar-refractivity contribution in [3.05, 3.63) is 82.9 Å². The Morgan fingerprint density at radius 1 is 1.03 bits per heavy atom. The van der Waals surface area contributed by atoms with E-state index in [0.717, 1.165) is 46.7 Å². The molecule has 0 amide bonds. The molecule has 3 aromatic rings. The van der Waals surface area contributed by atoms with Gasteiger partial charge < -0.3 is 14.8 Å². The maximum atomic E-state index is 13.4. The minimum atomic E-state index is -4.39. The molecule has 2 aliphatic rings. The summed E-state index contributed by atoms with van der Waals surface area (Å²) in [6.45, 7) is 3.92. The smallest absolute Gasteiger partial charge is 0.352 e. The molecule has 2 unspecified atom stereocenters. The number of halogens is 3. The van der Waals surface area contributed by atoms with Gasteiger partial charge in [0.05, 0.1) is 23.3 Å². The number of alkyl halides is 3. The van der Waals surface area contributed by atoms with Crippen molar-refractivity contribution < 1.29 is 13.2 Å². The van der Waals surface area contributed by atoms with E-state index in [-0.39, 0.29) is 12.1 Å². The maximum absolute atomic E-state index is 13.4. The lowest BCUT2D eigenvalue weighted by Crippen LogP contribution is -2.37. The quantitative estimate of drug-likeness (QED) is 0.433. The molecule has 5 rings (SSSR count). The van der Waals surface area contributed by atoms with Crippen LogP contribution in [0.4, 0.5) is 13.2 Å². The van der Waals surface area contributed by atoms with Crippen LogP contribution < -0.4 is 5.32 Å². The average Bonchev–Trinajstić information content (AvgIpc) is 3.51. The summed E-state index contributed by atoms with van der Waals surface area (Å²) in [7, 11) is 0. The Balaban J connectivity index is 1.62. The normalized spacial score (nSPS) is 21.3. The number of aryl methyl sites for hydroxylation is 1. The highest BCUT2D eigenvalue weighted by molar-refractivity contribution is 7.80. The molecule has 1 aromatic carbocycles. The van der Waals surface area contributed by atoms with E-state index in [1.54, 1.807) is 12.3 Å². The molecule has 0 spiro atoms. The van der Waals surface area contributed by atoms with Crippen molar-refractivity contribution in [3.63, 3.8) is 0 Å². The lowest BCUT2D eigenvalue weighted by molar-refractivity contribution is -0.137. The van der Waals surface area contributed by atoms with E-state index in [0.29, 0.717) is 11.7 Å². The number of nitrogens with zero attached hydrogens (tertiary/aromatic N) is 3. The third-order valence-corrected chi connectivity index (χ3v) is 7.40. The van der Waals surface area contributed by atoms with Gasteiger partial charge in [-0.05, 0) is 80.9 Å². The number of thiocarbonyl (C=S) groups is 1. The Hall–Kier alpha value is -2.87. The van der Waals surface area contributed by atoms with Gasteiger partial charge in [0.2, 0.25) is 0 Å². The molecule has 1 aliphatic carbocycles. The number of hydrogen-bond donors (Lipinski definition) is 1. The zero-order valence-electron chi connectivity index (χ0n) is 19.1. The van der Waals surface area contributed by atoms with Gasteiger partial charge in [0.15, 0.2) is 5.11 Å². The second-order valence-corrected chi connectivity index (χ2v) is 9.57. The van der Waals surface area contributed by atoms with Gasteiger partial charge in [-0.15, -0.1) is 0 Å². The van der Waals surface area contributed by atoms with Gasteiger partial charge in [-0.3, -0.25) is 4.98 Å². The molecular formula is C26H27F3N4S. The summed E-state index contributed by atoms with van der Waals surface area (Å²) in [5, 5.41) is 4.23. The number of benzene rings is 1. The third-order valence-electron chi connectivity index (χ3n) is 7.07. The van der Waals surface area contributed by atoms with E-state index in [1.165, 1.54) is 25.0 Å². The van der Waals surface area contributed by atoms with E-state index in [9.17, 15) is 13.2 Å². The van der Waals surface area contributed by atoms with Crippen molar-refractivity contribution >= 4 is 17.3 Å². The van der Waals surface area contributed by atoms with Gasteiger partial charge in [-0.25, -0.2) is 0 Å². The molecule has 2 atom stereocenters. The van der Waals surface area contributed by atoms with Crippen LogP contribution in [0.5, 0.6) is 0 Å².